The van der Waals surface area contributed by atoms with Crippen LogP contribution in [-0.4, -0.2) is 21.0 Å². The summed E-state index contributed by atoms with van der Waals surface area (Å²) in [5.41, 5.74) is 0. The molecule has 1 heterocycles. The fourth-order valence-electron chi connectivity index (χ4n) is 1.79. The van der Waals surface area contributed by atoms with E-state index >= 15 is 0 Å². The van der Waals surface area contributed by atoms with Crippen LogP contribution in [0.1, 0.15) is 45.8 Å². The Bertz CT molecular complexity index is 510. The zero-order valence-electron chi connectivity index (χ0n) is 12.2. The average molecular weight is 367 g/mol. The molecule has 1 aromatic heterocycles. The lowest BCUT2D eigenvalue weighted by atomic mass is 10.2. The van der Waals surface area contributed by atoms with Gasteiger partial charge in [-0.3, -0.25) is 0 Å². The zero-order chi connectivity index (χ0) is 15.2. The van der Waals surface area contributed by atoms with Crippen molar-refractivity contribution in [3.8, 4) is 0 Å². The van der Waals surface area contributed by atoms with Crippen LogP contribution in [0.2, 0.25) is 0 Å². The van der Waals surface area contributed by atoms with Gasteiger partial charge in [0.05, 0.1) is 6.54 Å². The second-order valence-electron chi connectivity index (χ2n) is 4.66. The second-order valence-corrected chi connectivity index (χ2v) is 7.06. The number of sulfonamides is 1. The first-order chi connectivity index (χ1) is 9.44. The van der Waals surface area contributed by atoms with Crippen molar-refractivity contribution in [2.24, 2.45) is 0 Å². The Labute approximate surface area is 129 Å². The molecule has 2 N–H and O–H groups in total. The van der Waals surface area contributed by atoms with Gasteiger partial charge in [0.2, 0.25) is 10.0 Å². The number of hydrogen-bond acceptors (Lipinski definition) is 4. The maximum atomic E-state index is 12.3. The van der Waals surface area contributed by atoms with E-state index in [1.807, 2.05) is 13.8 Å². The summed E-state index contributed by atoms with van der Waals surface area (Å²) in [6, 6.07) is 1.51. The number of furan rings is 1. The van der Waals surface area contributed by atoms with Crippen LogP contribution in [0.15, 0.2) is 20.0 Å². The lowest BCUT2D eigenvalue weighted by Crippen LogP contribution is -2.33. The van der Waals surface area contributed by atoms with Gasteiger partial charge in [0.25, 0.3) is 0 Å². The van der Waals surface area contributed by atoms with Gasteiger partial charge in [0.1, 0.15) is 10.7 Å². The monoisotopic (exact) mass is 366 g/mol. The van der Waals surface area contributed by atoms with Gasteiger partial charge < -0.3 is 9.73 Å². The van der Waals surface area contributed by atoms with Crippen molar-refractivity contribution in [2.45, 2.75) is 57.5 Å². The summed E-state index contributed by atoms with van der Waals surface area (Å²) in [6.45, 7) is 7.38. The van der Waals surface area contributed by atoms with Crippen molar-refractivity contribution in [2.75, 3.05) is 6.54 Å². The highest BCUT2D eigenvalue weighted by atomic mass is 79.9. The Morgan fingerprint density at radius 1 is 1.30 bits per heavy atom. The smallest absolute Gasteiger partial charge is 0.245 e. The molecule has 7 heteroatoms. The second kappa shape index (κ2) is 8.17. The Kier molecular flexibility index (Phi) is 7.22. The van der Waals surface area contributed by atoms with Crippen molar-refractivity contribution in [1.82, 2.24) is 10.0 Å². The normalized spacial score (nSPS) is 12.2. The fourth-order valence-corrected chi connectivity index (χ4v) is 4.20. The number of hydrogen-bond donors (Lipinski definition) is 2. The summed E-state index contributed by atoms with van der Waals surface area (Å²) in [5.74, 6) is 0.607. The van der Waals surface area contributed by atoms with Gasteiger partial charge in [-0.05, 0) is 41.7 Å². The highest BCUT2D eigenvalue weighted by molar-refractivity contribution is 9.10. The summed E-state index contributed by atoms with van der Waals surface area (Å²) < 4.78 is 33.0. The summed E-state index contributed by atoms with van der Waals surface area (Å²) >= 11 is 3.18. The lowest BCUT2D eigenvalue weighted by molar-refractivity contribution is 0.460. The van der Waals surface area contributed by atoms with Gasteiger partial charge in [-0.25, -0.2) is 13.1 Å². The van der Waals surface area contributed by atoms with E-state index in [9.17, 15) is 8.42 Å². The molecule has 0 bridgehead atoms. The third-order valence-electron chi connectivity index (χ3n) is 3.03. The Morgan fingerprint density at radius 2 is 1.95 bits per heavy atom. The number of rotatable bonds is 9. The number of nitrogens with one attached hydrogen (secondary N) is 2. The van der Waals surface area contributed by atoms with E-state index in [2.05, 4.69) is 32.9 Å². The molecular formula is C13H23BrN2O3S. The Hall–Kier alpha value is -0.370. The fraction of sp³-hybridized carbons (Fsp3) is 0.692. The van der Waals surface area contributed by atoms with E-state index in [4.69, 9.17) is 4.42 Å². The van der Waals surface area contributed by atoms with Gasteiger partial charge >= 0.3 is 0 Å². The molecule has 116 valence electrons. The molecule has 0 fully saturated rings. The number of halogens is 1. The van der Waals surface area contributed by atoms with Crippen LogP contribution >= 0.6 is 15.9 Å². The van der Waals surface area contributed by atoms with Crippen LogP contribution in [0, 0.1) is 0 Å². The highest BCUT2D eigenvalue weighted by Gasteiger charge is 2.24. The van der Waals surface area contributed by atoms with Crippen LogP contribution in [0.5, 0.6) is 0 Å². The van der Waals surface area contributed by atoms with Crippen molar-refractivity contribution >= 4 is 26.0 Å². The van der Waals surface area contributed by atoms with Crippen LogP contribution in [-0.2, 0) is 16.6 Å². The molecule has 0 unspecified atom stereocenters. The largest absolute Gasteiger partial charge is 0.452 e. The quantitative estimate of drug-likeness (QED) is 0.659. The molecule has 0 saturated heterocycles. The topological polar surface area (TPSA) is 71.3 Å². The average Bonchev–Trinajstić information content (AvgIpc) is 2.78. The molecule has 0 aliphatic carbocycles. The molecule has 0 aromatic carbocycles. The predicted molar refractivity (Wildman–Crippen MR) is 83.1 cm³/mol. The molecule has 1 rings (SSSR count). The summed E-state index contributed by atoms with van der Waals surface area (Å²) in [5, 5.41) is 3.18. The molecular weight excluding hydrogens is 344 g/mol. The standard InChI is InChI=1S/C13H23BrN2O3S/c1-4-7-15-9-11-8-12(13(14)19-11)20(17,18)16-10(5-2)6-3/h8,10,15-16H,4-7,9H2,1-3H3. The Morgan fingerprint density at radius 3 is 2.50 bits per heavy atom. The van der Waals surface area contributed by atoms with Crippen LogP contribution < -0.4 is 10.0 Å². The first kappa shape index (κ1) is 17.7. The van der Waals surface area contributed by atoms with Gasteiger partial charge in [0, 0.05) is 12.1 Å². The van der Waals surface area contributed by atoms with Crippen LogP contribution in [0.3, 0.4) is 0 Å². The molecule has 0 saturated carbocycles. The van der Waals surface area contributed by atoms with Crippen molar-refractivity contribution in [1.29, 1.82) is 0 Å². The van der Waals surface area contributed by atoms with Crippen molar-refractivity contribution in [3.05, 3.63) is 16.5 Å². The minimum Gasteiger partial charge on any atom is -0.452 e. The minimum atomic E-state index is -3.54. The van der Waals surface area contributed by atoms with Crippen LogP contribution in [0.4, 0.5) is 0 Å². The van der Waals surface area contributed by atoms with E-state index in [-0.39, 0.29) is 15.6 Å². The van der Waals surface area contributed by atoms with Crippen molar-refractivity contribution in [3.63, 3.8) is 0 Å². The molecule has 0 aliphatic rings. The highest BCUT2D eigenvalue weighted by Crippen LogP contribution is 2.26. The van der Waals surface area contributed by atoms with Gasteiger partial charge in [-0.1, -0.05) is 20.8 Å². The zero-order valence-corrected chi connectivity index (χ0v) is 14.6. The third kappa shape index (κ3) is 4.87. The van der Waals surface area contributed by atoms with Gasteiger partial charge in [-0.2, -0.15) is 0 Å². The van der Waals surface area contributed by atoms with Gasteiger partial charge in [-0.15, -0.1) is 0 Å². The molecule has 0 aliphatic heterocycles. The predicted octanol–water partition coefficient (Wildman–Crippen LogP) is 3.01. The Balaban J connectivity index is 2.84. The first-order valence-electron chi connectivity index (χ1n) is 6.95. The summed E-state index contributed by atoms with van der Waals surface area (Å²) in [4.78, 5) is 0.165. The molecule has 5 nitrogen and oxygen atoms in total. The summed E-state index contributed by atoms with van der Waals surface area (Å²) in [7, 11) is -3.54. The van der Waals surface area contributed by atoms with Gasteiger partial charge in [0.15, 0.2) is 4.67 Å². The van der Waals surface area contributed by atoms with E-state index in [1.54, 1.807) is 6.07 Å². The third-order valence-corrected chi connectivity index (χ3v) is 5.41. The molecule has 1 aromatic rings. The van der Waals surface area contributed by atoms with E-state index in [0.29, 0.717) is 12.3 Å². The molecule has 0 spiro atoms. The van der Waals surface area contributed by atoms with E-state index < -0.39 is 10.0 Å². The maximum absolute atomic E-state index is 12.3. The SMILES string of the molecule is CCCNCc1cc(S(=O)(=O)NC(CC)CC)c(Br)o1. The first-order valence-corrected chi connectivity index (χ1v) is 9.23. The molecule has 0 radical (unpaired) electrons. The van der Waals surface area contributed by atoms with Crippen molar-refractivity contribution < 1.29 is 12.8 Å². The molecule has 0 atom stereocenters. The van der Waals surface area contributed by atoms with E-state index in [0.717, 1.165) is 25.8 Å². The molecule has 0 amide bonds. The minimum absolute atomic E-state index is 0.0523. The van der Waals surface area contributed by atoms with E-state index in [1.165, 1.54) is 0 Å². The maximum Gasteiger partial charge on any atom is 0.245 e. The summed E-state index contributed by atoms with van der Waals surface area (Å²) in [6.07, 6.45) is 2.54. The molecule has 20 heavy (non-hydrogen) atoms. The van der Waals surface area contributed by atoms with Crippen LogP contribution in [0.25, 0.3) is 0 Å². The lowest BCUT2D eigenvalue weighted by Gasteiger charge is -2.13.